The minimum absolute atomic E-state index is 0.253. The summed E-state index contributed by atoms with van der Waals surface area (Å²) in [6.45, 7) is 1.84. The number of carbonyl (C=O) groups excluding carboxylic acids is 1. The number of amides is 1. The molecule has 0 bridgehead atoms. The van der Waals surface area contributed by atoms with Crippen molar-refractivity contribution in [1.29, 1.82) is 0 Å². The molecule has 0 spiro atoms. The normalized spacial score (nSPS) is 16.1. The molecular weight excluding hydrogens is 418 g/mol. The first kappa shape index (κ1) is 20.2. The Morgan fingerprint density at radius 1 is 1.13 bits per heavy atom. The molecule has 0 unspecified atom stereocenters. The van der Waals surface area contributed by atoms with Gasteiger partial charge in [0.25, 0.3) is 5.91 Å². The van der Waals surface area contributed by atoms with Gasteiger partial charge in [-0.3, -0.25) is 4.79 Å². The summed E-state index contributed by atoms with van der Waals surface area (Å²) in [6.07, 6.45) is 0. The molecule has 3 N–H and O–H groups in total. The molecule has 0 saturated heterocycles. The molecule has 4 rings (SSSR count). The van der Waals surface area contributed by atoms with E-state index in [1.807, 2.05) is 43.3 Å². The number of benzene rings is 3. The zero-order chi connectivity index (χ0) is 21.3. The van der Waals surface area contributed by atoms with E-state index < -0.39 is 6.04 Å². The summed E-state index contributed by atoms with van der Waals surface area (Å²) in [4.78, 5) is 13.3. The minimum Gasteiger partial charge on any atom is -0.496 e. The van der Waals surface area contributed by atoms with Crippen LogP contribution in [0.5, 0.6) is 5.75 Å². The second-order valence-electron chi connectivity index (χ2n) is 6.94. The smallest absolute Gasteiger partial charge is 0.255 e. The van der Waals surface area contributed by atoms with E-state index in [9.17, 15) is 4.79 Å². The van der Waals surface area contributed by atoms with Crippen molar-refractivity contribution in [3.05, 3.63) is 82.5 Å². The third kappa shape index (κ3) is 3.84. The fraction of sp³-hybridized carbons (Fsp3) is 0.130. The van der Waals surface area contributed by atoms with Crippen LogP contribution < -0.4 is 20.7 Å². The van der Waals surface area contributed by atoms with Crippen LogP contribution in [0.2, 0.25) is 5.02 Å². The van der Waals surface area contributed by atoms with Gasteiger partial charge in [-0.15, -0.1) is 0 Å². The molecule has 0 radical (unpaired) electrons. The van der Waals surface area contributed by atoms with Gasteiger partial charge in [0.05, 0.1) is 18.7 Å². The third-order valence-corrected chi connectivity index (χ3v) is 5.49. The molecule has 0 fully saturated rings. The molecule has 152 valence electrons. The topological polar surface area (TPSA) is 62.4 Å². The van der Waals surface area contributed by atoms with E-state index in [0.29, 0.717) is 32.8 Å². The van der Waals surface area contributed by atoms with Gasteiger partial charge in [-0.1, -0.05) is 48.0 Å². The summed E-state index contributed by atoms with van der Waals surface area (Å²) in [5, 5.41) is 12.3. The first-order chi connectivity index (χ1) is 14.5. The van der Waals surface area contributed by atoms with Crippen LogP contribution in [0.15, 0.2) is 71.9 Å². The zero-order valence-electron chi connectivity index (χ0n) is 16.5. The Hall–Kier alpha value is -3.09. The predicted molar refractivity (Wildman–Crippen MR) is 125 cm³/mol. The Morgan fingerprint density at radius 2 is 1.93 bits per heavy atom. The summed E-state index contributed by atoms with van der Waals surface area (Å²) in [5.74, 6) is 0.425. The summed E-state index contributed by atoms with van der Waals surface area (Å²) in [5.41, 5.74) is 2.68. The highest BCUT2D eigenvalue weighted by Gasteiger charge is 2.33. The average Bonchev–Trinajstić information content (AvgIpc) is 2.72. The summed E-state index contributed by atoms with van der Waals surface area (Å²) < 4.78 is 5.66. The van der Waals surface area contributed by atoms with Crippen molar-refractivity contribution >= 4 is 51.3 Å². The maximum atomic E-state index is 13.3. The molecular formula is C23H20ClN3O2S. The van der Waals surface area contributed by atoms with Gasteiger partial charge in [-0.2, -0.15) is 0 Å². The van der Waals surface area contributed by atoms with Crippen LogP contribution in [0.4, 0.5) is 5.69 Å². The van der Waals surface area contributed by atoms with Crippen molar-refractivity contribution in [1.82, 2.24) is 10.6 Å². The number of hydrogen-bond acceptors (Lipinski definition) is 3. The number of carbonyl (C=O) groups is 1. The Kier molecular flexibility index (Phi) is 5.61. The van der Waals surface area contributed by atoms with Gasteiger partial charge < -0.3 is 20.7 Å². The fourth-order valence-electron chi connectivity index (χ4n) is 3.73. The van der Waals surface area contributed by atoms with Gasteiger partial charge >= 0.3 is 0 Å². The Morgan fingerprint density at radius 3 is 2.70 bits per heavy atom. The molecule has 7 heteroatoms. The molecule has 5 nitrogen and oxygen atoms in total. The highest BCUT2D eigenvalue weighted by molar-refractivity contribution is 7.80. The SMILES string of the molecule is COc1ccc2ccccc2c1[C@H]1NC(=S)NC(C)=C1C(=O)Nc1cccc(Cl)c1. The first-order valence-corrected chi connectivity index (χ1v) is 10.2. The van der Waals surface area contributed by atoms with Crippen molar-refractivity contribution in [2.24, 2.45) is 0 Å². The van der Waals surface area contributed by atoms with Crippen molar-refractivity contribution in [2.75, 3.05) is 12.4 Å². The number of rotatable bonds is 4. The quantitative estimate of drug-likeness (QED) is 0.505. The molecule has 1 aliphatic heterocycles. The van der Waals surface area contributed by atoms with E-state index in [2.05, 4.69) is 16.0 Å². The van der Waals surface area contributed by atoms with Crippen molar-refractivity contribution in [3.8, 4) is 5.75 Å². The molecule has 1 atom stereocenters. The van der Waals surface area contributed by atoms with E-state index in [1.165, 1.54) is 0 Å². The molecule has 1 aliphatic rings. The molecule has 1 amide bonds. The van der Waals surface area contributed by atoms with Gasteiger partial charge in [-0.25, -0.2) is 0 Å². The van der Waals surface area contributed by atoms with Crippen molar-refractivity contribution in [2.45, 2.75) is 13.0 Å². The molecule has 0 aromatic heterocycles. The number of methoxy groups -OCH3 is 1. The van der Waals surface area contributed by atoms with E-state index in [1.54, 1.807) is 31.4 Å². The number of hydrogen-bond donors (Lipinski definition) is 3. The molecule has 0 aliphatic carbocycles. The minimum atomic E-state index is -0.487. The number of ether oxygens (including phenoxy) is 1. The van der Waals surface area contributed by atoms with Gasteiger partial charge in [-0.05, 0) is 54.2 Å². The van der Waals surface area contributed by atoms with Gasteiger partial charge in [0.2, 0.25) is 0 Å². The molecule has 1 heterocycles. The lowest BCUT2D eigenvalue weighted by Crippen LogP contribution is -2.46. The van der Waals surface area contributed by atoms with Gasteiger partial charge in [0, 0.05) is 22.0 Å². The van der Waals surface area contributed by atoms with E-state index in [4.69, 9.17) is 28.6 Å². The predicted octanol–water partition coefficient (Wildman–Crippen LogP) is 4.93. The van der Waals surface area contributed by atoms with Crippen LogP contribution in [-0.2, 0) is 4.79 Å². The molecule has 3 aromatic carbocycles. The zero-order valence-corrected chi connectivity index (χ0v) is 18.0. The fourth-order valence-corrected chi connectivity index (χ4v) is 4.19. The largest absolute Gasteiger partial charge is 0.496 e. The van der Waals surface area contributed by atoms with Crippen LogP contribution in [0.1, 0.15) is 18.5 Å². The highest BCUT2D eigenvalue weighted by atomic mass is 35.5. The lowest BCUT2D eigenvalue weighted by Gasteiger charge is -2.32. The summed E-state index contributed by atoms with van der Waals surface area (Å²) >= 11 is 11.5. The number of halogens is 1. The molecule has 3 aromatic rings. The van der Waals surface area contributed by atoms with E-state index in [-0.39, 0.29) is 5.91 Å². The van der Waals surface area contributed by atoms with Crippen LogP contribution in [0, 0.1) is 0 Å². The lowest BCUT2D eigenvalue weighted by atomic mass is 9.90. The first-order valence-electron chi connectivity index (χ1n) is 9.39. The van der Waals surface area contributed by atoms with Crippen LogP contribution >= 0.6 is 23.8 Å². The van der Waals surface area contributed by atoms with Gasteiger partial charge in [0.15, 0.2) is 5.11 Å². The molecule has 0 saturated carbocycles. The Bertz CT molecular complexity index is 1190. The number of thiocarbonyl (C=S) groups is 1. The number of anilines is 1. The van der Waals surface area contributed by atoms with E-state index >= 15 is 0 Å². The maximum Gasteiger partial charge on any atom is 0.255 e. The number of fused-ring (bicyclic) bond motifs is 1. The lowest BCUT2D eigenvalue weighted by molar-refractivity contribution is -0.113. The van der Waals surface area contributed by atoms with Gasteiger partial charge in [0.1, 0.15) is 5.75 Å². The Balaban J connectivity index is 1.84. The van der Waals surface area contributed by atoms with Crippen LogP contribution in [0.3, 0.4) is 0 Å². The number of allylic oxidation sites excluding steroid dienone is 1. The second kappa shape index (κ2) is 8.34. The van der Waals surface area contributed by atoms with Crippen LogP contribution in [0.25, 0.3) is 10.8 Å². The molecule has 30 heavy (non-hydrogen) atoms. The summed E-state index contributed by atoms with van der Waals surface area (Å²) in [7, 11) is 1.62. The summed E-state index contributed by atoms with van der Waals surface area (Å²) in [6, 6.07) is 18.5. The maximum absolute atomic E-state index is 13.3. The number of nitrogens with one attached hydrogen (secondary N) is 3. The monoisotopic (exact) mass is 437 g/mol. The third-order valence-electron chi connectivity index (χ3n) is 5.04. The van der Waals surface area contributed by atoms with Crippen molar-refractivity contribution in [3.63, 3.8) is 0 Å². The standard InChI is InChI=1S/C23H20ClN3O2S/c1-13-19(22(28)26-16-8-5-7-15(24)12-16)21(27-23(30)25-13)20-17-9-4-3-6-14(17)10-11-18(20)29-2/h3-12,21H,1-2H3,(H,26,28)(H2,25,27,30)/t21-/m0/s1. The Labute approximate surface area is 185 Å². The van der Waals surface area contributed by atoms with E-state index in [0.717, 1.165) is 16.3 Å². The second-order valence-corrected chi connectivity index (χ2v) is 7.78. The highest BCUT2D eigenvalue weighted by Crippen LogP contribution is 2.38. The average molecular weight is 438 g/mol. The van der Waals surface area contributed by atoms with Crippen LogP contribution in [-0.4, -0.2) is 18.1 Å². The van der Waals surface area contributed by atoms with Crippen molar-refractivity contribution < 1.29 is 9.53 Å².